The van der Waals surface area contributed by atoms with Crippen molar-refractivity contribution in [1.29, 1.82) is 0 Å². The first-order valence-corrected chi connectivity index (χ1v) is 11.3. The lowest BCUT2D eigenvalue weighted by atomic mass is 10.2. The smallest absolute Gasteiger partial charge is 0.444 e. The van der Waals surface area contributed by atoms with Gasteiger partial charge >= 0.3 is 18.4 Å². The summed E-state index contributed by atoms with van der Waals surface area (Å²) in [5.41, 5.74) is -1.75. The Morgan fingerprint density at radius 2 is 1.00 bits per heavy atom. The number of amides is 1. The predicted octanol–water partition coefficient (Wildman–Crippen LogP) is 5.90. The van der Waals surface area contributed by atoms with Crippen molar-refractivity contribution in [2.24, 2.45) is 0 Å². The van der Waals surface area contributed by atoms with Crippen molar-refractivity contribution < 1.29 is 33.3 Å². The quantitative estimate of drug-likeness (QED) is 0.262. The second-order valence-corrected chi connectivity index (χ2v) is 10.7. The Balaban J connectivity index is 0. The van der Waals surface area contributed by atoms with E-state index >= 15 is 0 Å². The highest BCUT2D eigenvalue weighted by molar-refractivity contribution is 5.77. The first kappa shape index (κ1) is 33.1. The van der Waals surface area contributed by atoms with Crippen LogP contribution < -0.4 is 5.32 Å². The van der Waals surface area contributed by atoms with Crippen molar-refractivity contribution in [1.82, 2.24) is 10.2 Å². The number of carbonyl (C=O) groups excluding carboxylic acids is 3. The van der Waals surface area contributed by atoms with Crippen LogP contribution in [0.2, 0.25) is 0 Å². The topological polar surface area (TPSA) is 103 Å². The molecule has 9 nitrogen and oxygen atoms in total. The molecule has 2 saturated heterocycles. The van der Waals surface area contributed by atoms with Crippen molar-refractivity contribution in [3.05, 3.63) is 0 Å². The highest BCUT2D eigenvalue weighted by Crippen LogP contribution is 2.14. The third kappa shape index (κ3) is 21.6. The molecule has 0 aliphatic carbocycles. The Morgan fingerprint density at radius 3 is 1.27 bits per heavy atom. The number of ether oxygens (including phenoxy) is 4. The van der Waals surface area contributed by atoms with E-state index in [0.29, 0.717) is 0 Å². The number of carbonyl (C=O) groups is 3. The summed E-state index contributed by atoms with van der Waals surface area (Å²) in [4.78, 5) is 35.2. The van der Waals surface area contributed by atoms with Crippen LogP contribution in [0, 0.1) is 0 Å². The van der Waals surface area contributed by atoms with Gasteiger partial charge in [0.15, 0.2) is 0 Å². The molecule has 1 N–H and O–H groups in total. The van der Waals surface area contributed by atoms with Gasteiger partial charge in [0.1, 0.15) is 16.8 Å². The van der Waals surface area contributed by atoms with Crippen LogP contribution >= 0.6 is 0 Å². The Hall–Kier alpha value is -2.03. The van der Waals surface area contributed by atoms with Crippen molar-refractivity contribution in [3.63, 3.8) is 0 Å². The second kappa shape index (κ2) is 15.0. The minimum absolute atomic E-state index is 0. The van der Waals surface area contributed by atoms with Crippen LogP contribution in [-0.2, 0) is 18.9 Å². The first-order valence-electron chi connectivity index (χ1n) is 11.3. The van der Waals surface area contributed by atoms with E-state index in [-0.39, 0.29) is 19.1 Å². The molecule has 0 aromatic heterocycles. The molecule has 1 amide bonds. The van der Waals surface area contributed by atoms with Gasteiger partial charge in [0.05, 0.1) is 0 Å². The molecule has 0 bridgehead atoms. The molecular weight excluding hydrogens is 428 g/mol. The van der Waals surface area contributed by atoms with Crippen molar-refractivity contribution >= 4 is 18.4 Å². The number of hydrogen-bond donors (Lipinski definition) is 1. The van der Waals surface area contributed by atoms with Crippen molar-refractivity contribution in [2.45, 2.75) is 112 Å². The molecule has 0 atom stereocenters. The predicted molar refractivity (Wildman–Crippen MR) is 129 cm³/mol. The summed E-state index contributed by atoms with van der Waals surface area (Å²) >= 11 is 0. The standard InChI is InChI=1S/C10H18O5.C9H17NO2.C4H9N.CH4/c1-9(2,3)14-7(11)13-8(12)15-10(4,5)6;1-9(2,3)12-8(11)10-6-4-5-7-10;1-2-4-5-3-1;/h1-6H3;4-7H2,1-3H3;5H,1-4H2;1H4. The maximum Gasteiger partial charge on any atom is 0.519 e. The van der Waals surface area contributed by atoms with Crippen LogP contribution in [0.5, 0.6) is 0 Å². The van der Waals surface area contributed by atoms with Crippen molar-refractivity contribution in [2.75, 3.05) is 26.2 Å². The van der Waals surface area contributed by atoms with Gasteiger partial charge in [-0.15, -0.1) is 0 Å². The van der Waals surface area contributed by atoms with Crippen LogP contribution in [0.4, 0.5) is 14.4 Å². The summed E-state index contributed by atoms with van der Waals surface area (Å²) in [7, 11) is 0. The van der Waals surface area contributed by atoms with Gasteiger partial charge in [0.25, 0.3) is 0 Å². The minimum atomic E-state index is -1.06. The lowest BCUT2D eigenvalue weighted by molar-refractivity contribution is -0.0294. The summed E-state index contributed by atoms with van der Waals surface area (Å²) in [6.45, 7) is 19.9. The number of nitrogens with zero attached hydrogens (tertiary/aromatic N) is 1. The highest BCUT2D eigenvalue weighted by atomic mass is 16.8. The average Bonchev–Trinajstić information content (AvgIpc) is 3.27. The molecule has 0 aromatic carbocycles. The van der Waals surface area contributed by atoms with Gasteiger partial charge in [-0.2, -0.15) is 0 Å². The maximum atomic E-state index is 11.4. The molecule has 9 heteroatoms. The third-order valence-corrected chi connectivity index (χ3v) is 3.66. The number of rotatable bonds is 0. The summed E-state index contributed by atoms with van der Waals surface area (Å²) in [5.74, 6) is 0. The fourth-order valence-corrected chi connectivity index (χ4v) is 2.46. The van der Waals surface area contributed by atoms with E-state index in [0.717, 1.165) is 25.9 Å². The van der Waals surface area contributed by atoms with Crippen LogP contribution in [0.25, 0.3) is 0 Å². The molecule has 2 fully saturated rings. The summed E-state index contributed by atoms with van der Waals surface area (Å²) in [6.07, 6.45) is 2.71. The lowest BCUT2D eigenvalue weighted by Crippen LogP contribution is -2.34. The SMILES string of the molecule is C.C1CCNC1.CC(C)(C)OC(=O)N1CCCC1.CC(C)(C)OC(=O)OC(=O)OC(C)(C)C. The van der Waals surface area contributed by atoms with E-state index in [4.69, 9.17) is 14.2 Å². The molecule has 0 aromatic rings. The van der Waals surface area contributed by atoms with E-state index < -0.39 is 23.5 Å². The zero-order valence-corrected chi connectivity index (χ0v) is 21.5. The zero-order chi connectivity index (χ0) is 25.0. The molecule has 33 heavy (non-hydrogen) atoms. The molecular formula is C24H48N2O7. The molecule has 0 radical (unpaired) electrons. The van der Waals surface area contributed by atoms with Gasteiger partial charge in [-0.05, 0) is 101 Å². The summed E-state index contributed by atoms with van der Waals surface area (Å²) < 4.78 is 19.0. The zero-order valence-electron chi connectivity index (χ0n) is 21.5. The normalized spacial score (nSPS) is 15.6. The van der Waals surface area contributed by atoms with Gasteiger partial charge < -0.3 is 29.2 Å². The summed E-state index contributed by atoms with van der Waals surface area (Å²) in [5, 5.41) is 3.22. The second-order valence-electron chi connectivity index (χ2n) is 10.7. The van der Waals surface area contributed by atoms with E-state index in [2.05, 4.69) is 10.1 Å². The van der Waals surface area contributed by atoms with Crippen LogP contribution in [-0.4, -0.2) is 66.3 Å². The Morgan fingerprint density at radius 1 is 0.636 bits per heavy atom. The highest BCUT2D eigenvalue weighted by Gasteiger charge is 2.25. The minimum Gasteiger partial charge on any atom is -0.444 e. The molecule has 0 spiro atoms. The number of nitrogens with one attached hydrogen (secondary N) is 1. The van der Waals surface area contributed by atoms with Crippen LogP contribution in [0.15, 0.2) is 0 Å². The number of hydrogen-bond acceptors (Lipinski definition) is 8. The molecule has 2 rings (SSSR count). The Kier molecular flexibility index (Phi) is 15.1. The van der Waals surface area contributed by atoms with E-state index in [9.17, 15) is 14.4 Å². The third-order valence-electron chi connectivity index (χ3n) is 3.66. The Labute approximate surface area is 200 Å². The molecule has 2 aliphatic rings. The largest absolute Gasteiger partial charge is 0.519 e. The van der Waals surface area contributed by atoms with E-state index in [1.165, 1.54) is 25.9 Å². The number of likely N-dealkylation sites (tertiary alicyclic amines) is 1. The molecule has 0 unspecified atom stereocenters. The van der Waals surface area contributed by atoms with Gasteiger partial charge in [-0.3, -0.25) is 0 Å². The maximum absolute atomic E-state index is 11.4. The van der Waals surface area contributed by atoms with Crippen LogP contribution in [0.3, 0.4) is 0 Å². The van der Waals surface area contributed by atoms with Crippen molar-refractivity contribution in [3.8, 4) is 0 Å². The monoisotopic (exact) mass is 476 g/mol. The van der Waals surface area contributed by atoms with E-state index in [1.807, 2.05) is 20.8 Å². The average molecular weight is 477 g/mol. The van der Waals surface area contributed by atoms with E-state index in [1.54, 1.807) is 46.4 Å². The van der Waals surface area contributed by atoms with Gasteiger partial charge in [0.2, 0.25) is 0 Å². The lowest BCUT2D eigenvalue weighted by Gasteiger charge is -2.23. The molecule has 0 saturated carbocycles. The Bertz CT molecular complexity index is 543. The molecule has 2 heterocycles. The van der Waals surface area contributed by atoms with Gasteiger partial charge in [0, 0.05) is 13.1 Å². The fourth-order valence-electron chi connectivity index (χ4n) is 2.46. The fraction of sp³-hybridized carbons (Fsp3) is 0.875. The van der Waals surface area contributed by atoms with Gasteiger partial charge in [-0.25, -0.2) is 14.4 Å². The first-order chi connectivity index (χ1) is 14.5. The molecule has 2 aliphatic heterocycles. The van der Waals surface area contributed by atoms with Crippen LogP contribution in [0.1, 0.15) is 95.4 Å². The molecule has 196 valence electrons. The van der Waals surface area contributed by atoms with Gasteiger partial charge in [-0.1, -0.05) is 7.43 Å². The summed E-state index contributed by atoms with van der Waals surface area (Å²) in [6, 6.07) is 0.